The largest absolute Gasteiger partial charge is 0.308 e. The van der Waals surface area contributed by atoms with Gasteiger partial charge in [0.15, 0.2) is 0 Å². The van der Waals surface area contributed by atoms with E-state index in [4.69, 9.17) is 4.98 Å². The normalized spacial score (nSPS) is 14.3. The molecule has 0 spiro atoms. The molecule has 5 nitrogen and oxygen atoms in total. The van der Waals surface area contributed by atoms with Gasteiger partial charge in [-0.05, 0) is 90.5 Å². The SMILES string of the molecule is CCCN1C(=O)/C(=C\c2nc3ccc(I)cc3c(=O)n2-c2ccc(C)cc2)c2cc(Br)ccc21. The van der Waals surface area contributed by atoms with Gasteiger partial charge >= 0.3 is 0 Å². The fraction of sp³-hybridized carbons (Fsp3) is 0.148. The van der Waals surface area contributed by atoms with Crippen LogP contribution in [0, 0.1) is 10.5 Å². The summed E-state index contributed by atoms with van der Waals surface area (Å²) in [5.41, 5.74) is 4.49. The topological polar surface area (TPSA) is 55.2 Å². The van der Waals surface area contributed by atoms with Crippen LogP contribution in [-0.2, 0) is 4.79 Å². The maximum absolute atomic E-state index is 13.7. The standard InChI is InChI=1S/C27H21BrIN3O2/c1-3-12-31-24-11-6-17(28)13-20(24)21(26(31)33)15-25-30-23-10-7-18(29)14-22(23)27(34)32(25)19-8-4-16(2)5-9-19/h4-11,13-15H,3,12H2,1-2H3/b21-15-. The Labute approximate surface area is 219 Å². The molecule has 0 aliphatic carbocycles. The summed E-state index contributed by atoms with van der Waals surface area (Å²) in [6.07, 6.45) is 2.59. The van der Waals surface area contributed by atoms with E-state index in [0.29, 0.717) is 34.5 Å². The van der Waals surface area contributed by atoms with Gasteiger partial charge in [-0.2, -0.15) is 0 Å². The van der Waals surface area contributed by atoms with Crippen LogP contribution in [0.25, 0.3) is 28.2 Å². The predicted octanol–water partition coefficient (Wildman–Crippen LogP) is 6.36. The lowest BCUT2D eigenvalue weighted by Crippen LogP contribution is -2.27. The Morgan fingerprint density at radius 1 is 1.03 bits per heavy atom. The summed E-state index contributed by atoms with van der Waals surface area (Å²) in [5.74, 6) is 0.345. The van der Waals surface area contributed by atoms with E-state index in [2.05, 4.69) is 45.4 Å². The van der Waals surface area contributed by atoms with Gasteiger partial charge in [-0.15, -0.1) is 0 Å². The van der Waals surface area contributed by atoms with Crippen LogP contribution in [0.5, 0.6) is 0 Å². The number of aryl methyl sites for hydroxylation is 1. The summed E-state index contributed by atoms with van der Waals surface area (Å²) >= 11 is 5.73. The van der Waals surface area contributed by atoms with Crippen molar-refractivity contribution in [2.45, 2.75) is 20.3 Å². The number of aromatic nitrogens is 2. The van der Waals surface area contributed by atoms with E-state index in [1.54, 1.807) is 15.5 Å². The number of carbonyl (C=O) groups is 1. The number of hydrogen-bond donors (Lipinski definition) is 0. The molecule has 0 radical (unpaired) electrons. The van der Waals surface area contributed by atoms with Gasteiger partial charge in [0, 0.05) is 20.2 Å². The number of benzene rings is 3. The number of halogens is 2. The lowest BCUT2D eigenvalue weighted by atomic mass is 10.1. The first-order valence-electron chi connectivity index (χ1n) is 11.0. The summed E-state index contributed by atoms with van der Waals surface area (Å²) in [6.45, 7) is 4.68. The summed E-state index contributed by atoms with van der Waals surface area (Å²) in [5, 5.41) is 0.545. The highest BCUT2D eigenvalue weighted by Crippen LogP contribution is 2.39. The zero-order valence-electron chi connectivity index (χ0n) is 18.7. The molecule has 1 aromatic heterocycles. The van der Waals surface area contributed by atoms with E-state index in [-0.39, 0.29) is 11.5 Å². The third-order valence-electron chi connectivity index (χ3n) is 5.88. The van der Waals surface area contributed by atoms with Crippen LogP contribution in [0.4, 0.5) is 5.69 Å². The average Bonchev–Trinajstić information content (AvgIpc) is 3.06. The Morgan fingerprint density at radius 3 is 2.53 bits per heavy atom. The van der Waals surface area contributed by atoms with Crippen LogP contribution in [-0.4, -0.2) is 22.0 Å². The molecule has 0 saturated carbocycles. The highest BCUT2D eigenvalue weighted by atomic mass is 127. The summed E-state index contributed by atoms with van der Waals surface area (Å²) < 4.78 is 3.45. The second-order valence-corrected chi connectivity index (χ2v) is 10.4. The lowest BCUT2D eigenvalue weighted by molar-refractivity contribution is -0.113. The minimum Gasteiger partial charge on any atom is -0.308 e. The molecular formula is C27H21BrIN3O2. The molecule has 0 saturated heterocycles. The molecule has 1 amide bonds. The number of nitrogens with zero attached hydrogens (tertiary/aromatic N) is 3. The maximum atomic E-state index is 13.7. The predicted molar refractivity (Wildman–Crippen MR) is 149 cm³/mol. The van der Waals surface area contributed by atoms with Crippen LogP contribution in [0.2, 0.25) is 0 Å². The average molecular weight is 626 g/mol. The highest BCUT2D eigenvalue weighted by Gasteiger charge is 2.32. The molecule has 7 heteroatoms. The van der Waals surface area contributed by atoms with Crippen LogP contribution in [0.1, 0.15) is 30.3 Å². The molecule has 0 N–H and O–H groups in total. The zero-order valence-corrected chi connectivity index (χ0v) is 22.4. The molecule has 1 aliphatic rings. The first-order valence-corrected chi connectivity index (χ1v) is 12.9. The number of fused-ring (bicyclic) bond motifs is 2. The van der Waals surface area contributed by atoms with Crippen molar-refractivity contribution in [3.05, 3.63) is 96.0 Å². The molecule has 3 aromatic carbocycles. The van der Waals surface area contributed by atoms with Gasteiger partial charge in [0.05, 0.1) is 27.9 Å². The first kappa shape index (κ1) is 23.0. The van der Waals surface area contributed by atoms with Crippen molar-refractivity contribution < 1.29 is 4.79 Å². The maximum Gasteiger partial charge on any atom is 0.266 e. The molecule has 0 bridgehead atoms. The van der Waals surface area contributed by atoms with E-state index in [9.17, 15) is 9.59 Å². The Morgan fingerprint density at radius 2 is 1.79 bits per heavy atom. The van der Waals surface area contributed by atoms with Gasteiger partial charge in [-0.25, -0.2) is 4.98 Å². The summed E-state index contributed by atoms with van der Waals surface area (Å²) in [7, 11) is 0. The van der Waals surface area contributed by atoms with Gasteiger partial charge in [-0.3, -0.25) is 14.2 Å². The van der Waals surface area contributed by atoms with Gasteiger partial charge in [0.25, 0.3) is 11.5 Å². The second-order valence-electron chi connectivity index (χ2n) is 8.28. The van der Waals surface area contributed by atoms with E-state index in [1.807, 2.05) is 67.6 Å². The minimum atomic E-state index is -0.162. The quantitative estimate of drug-likeness (QED) is 0.196. The van der Waals surface area contributed by atoms with Crippen LogP contribution >= 0.6 is 38.5 Å². The van der Waals surface area contributed by atoms with Gasteiger partial charge in [0.2, 0.25) is 0 Å². The van der Waals surface area contributed by atoms with Crippen molar-refractivity contribution in [3.8, 4) is 5.69 Å². The van der Waals surface area contributed by atoms with E-state index in [1.165, 1.54) is 0 Å². The van der Waals surface area contributed by atoms with Crippen LogP contribution < -0.4 is 10.5 Å². The van der Waals surface area contributed by atoms with Crippen molar-refractivity contribution in [2.24, 2.45) is 0 Å². The number of anilines is 1. The third-order valence-corrected chi connectivity index (χ3v) is 7.05. The molecule has 34 heavy (non-hydrogen) atoms. The summed E-state index contributed by atoms with van der Waals surface area (Å²) in [6, 6.07) is 19.2. The molecule has 0 unspecified atom stereocenters. The molecule has 1 aliphatic heterocycles. The van der Waals surface area contributed by atoms with Crippen molar-refractivity contribution in [1.29, 1.82) is 0 Å². The van der Waals surface area contributed by atoms with Crippen molar-refractivity contribution in [2.75, 3.05) is 11.4 Å². The van der Waals surface area contributed by atoms with E-state index in [0.717, 1.165) is 31.3 Å². The smallest absolute Gasteiger partial charge is 0.266 e. The van der Waals surface area contributed by atoms with Crippen molar-refractivity contribution in [1.82, 2.24) is 9.55 Å². The fourth-order valence-electron chi connectivity index (χ4n) is 4.26. The molecule has 0 atom stereocenters. The van der Waals surface area contributed by atoms with Gasteiger partial charge in [0.1, 0.15) is 5.82 Å². The molecular weight excluding hydrogens is 605 g/mol. The van der Waals surface area contributed by atoms with E-state index < -0.39 is 0 Å². The molecule has 5 rings (SSSR count). The fourth-order valence-corrected chi connectivity index (χ4v) is 5.11. The number of rotatable bonds is 4. The monoisotopic (exact) mass is 625 g/mol. The molecule has 170 valence electrons. The third kappa shape index (κ3) is 4.01. The molecule has 2 heterocycles. The minimum absolute atomic E-state index is 0.0811. The number of carbonyl (C=O) groups excluding carboxylic acids is 1. The molecule has 4 aromatic rings. The van der Waals surface area contributed by atoms with Gasteiger partial charge < -0.3 is 4.90 Å². The number of hydrogen-bond acceptors (Lipinski definition) is 3. The van der Waals surface area contributed by atoms with Crippen molar-refractivity contribution in [3.63, 3.8) is 0 Å². The highest BCUT2D eigenvalue weighted by molar-refractivity contribution is 14.1. The molecule has 0 fully saturated rings. The van der Waals surface area contributed by atoms with Crippen LogP contribution in [0.15, 0.2) is 69.9 Å². The Kier molecular flexibility index (Phi) is 6.16. The number of amides is 1. The van der Waals surface area contributed by atoms with Crippen LogP contribution in [0.3, 0.4) is 0 Å². The van der Waals surface area contributed by atoms with E-state index >= 15 is 0 Å². The summed E-state index contributed by atoms with van der Waals surface area (Å²) in [4.78, 5) is 33.8. The Bertz CT molecular complexity index is 1540. The Balaban J connectivity index is 1.80. The first-order chi connectivity index (χ1) is 16.4. The second kappa shape index (κ2) is 9.11. The Hall–Kier alpha value is -2.78. The van der Waals surface area contributed by atoms with Crippen molar-refractivity contribution >= 4 is 72.7 Å². The van der Waals surface area contributed by atoms with Gasteiger partial charge in [-0.1, -0.05) is 40.5 Å². The zero-order chi connectivity index (χ0) is 24.0. The lowest BCUT2D eigenvalue weighted by Gasteiger charge is -2.15.